The molecule has 1 rings (SSSR count). The maximum atomic E-state index is 9.17. The molecule has 0 amide bonds. The van der Waals surface area contributed by atoms with Gasteiger partial charge in [-0.25, -0.2) is 0 Å². The van der Waals surface area contributed by atoms with Crippen LogP contribution in [0.5, 0.6) is 0 Å². The molecule has 66 valence electrons. The SMILES string of the molecule is CO/C(O)=C(\[N+]#N)c1ccccc1. The van der Waals surface area contributed by atoms with Crippen LogP contribution in [0.2, 0.25) is 0 Å². The Morgan fingerprint density at radius 2 is 2.00 bits per heavy atom. The van der Waals surface area contributed by atoms with Crippen LogP contribution >= 0.6 is 0 Å². The fourth-order valence-electron chi connectivity index (χ4n) is 0.917. The van der Waals surface area contributed by atoms with Crippen molar-refractivity contribution in [3.8, 4) is 0 Å². The maximum Gasteiger partial charge on any atom is 0.471 e. The fraction of sp³-hybridized carbons (Fsp3) is 0.111. The van der Waals surface area contributed by atoms with E-state index >= 15 is 0 Å². The second kappa shape index (κ2) is 4.12. The predicted octanol–water partition coefficient (Wildman–Crippen LogP) is 2.37. The van der Waals surface area contributed by atoms with Gasteiger partial charge in [0.05, 0.1) is 12.7 Å². The molecule has 0 unspecified atom stereocenters. The molecule has 0 aliphatic heterocycles. The summed E-state index contributed by atoms with van der Waals surface area (Å²) >= 11 is 0. The summed E-state index contributed by atoms with van der Waals surface area (Å²) in [5, 5.41) is 17.8. The van der Waals surface area contributed by atoms with Gasteiger partial charge in [0.2, 0.25) is 5.39 Å². The van der Waals surface area contributed by atoms with Crippen LogP contribution in [0, 0.1) is 5.39 Å². The first-order chi connectivity index (χ1) is 6.29. The molecule has 0 radical (unpaired) electrons. The fourth-order valence-corrected chi connectivity index (χ4v) is 0.917. The number of ether oxygens (including phenoxy) is 1. The third-order valence-electron chi connectivity index (χ3n) is 1.54. The first-order valence-corrected chi connectivity index (χ1v) is 3.67. The number of rotatable bonds is 2. The van der Waals surface area contributed by atoms with E-state index in [1.54, 1.807) is 24.3 Å². The lowest BCUT2D eigenvalue weighted by Gasteiger charge is -1.93. The average Bonchev–Trinajstić information content (AvgIpc) is 2.20. The van der Waals surface area contributed by atoms with E-state index in [-0.39, 0.29) is 5.70 Å². The molecule has 0 fully saturated rings. The van der Waals surface area contributed by atoms with E-state index in [1.807, 2.05) is 6.07 Å². The Morgan fingerprint density at radius 3 is 2.46 bits per heavy atom. The molecule has 0 heterocycles. The second-order valence-electron chi connectivity index (χ2n) is 2.32. The normalized spacial score (nSPS) is 11.4. The van der Waals surface area contributed by atoms with E-state index in [1.165, 1.54) is 7.11 Å². The van der Waals surface area contributed by atoms with Gasteiger partial charge in [0.15, 0.2) is 4.98 Å². The highest BCUT2D eigenvalue weighted by molar-refractivity contribution is 5.70. The van der Waals surface area contributed by atoms with Crippen LogP contribution in [-0.4, -0.2) is 12.2 Å². The summed E-state index contributed by atoms with van der Waals surface area (Å²) < 4.78 is 4.54. The van der Waals surface area contributed by atoms with Crippen molar-refractivity contribution >= 4 is 5.70 Å². The first kappa shape index (κ1) is 9.07. The van der Waals surface area contributed by atoms with Gasteiger partial charge in [0.25, 0.3) is 0 Å². The summed E-state index contributed by atoms with van der Waals surface area (Å²) in [6.45, 7) is 0. The smallest absolute Gasteiger partial charge is 0.471 e. The van der Waals surface area contributed by atoms with Crippen molar-refractivity contribution in [2.75, 3.05) is 7.11 Å². The molecular weight excluding hydrogens is 168 g/mol. The van der Waals surface area contributed by atoms with Crippen molar-refractivity contribution in [2.24, 2.45) is 0 Å². The van der Waals surface area contributed by atoms with E-state index in [0.29, 0.717) is 5.56 Å². The van der Waals surface area contributed by atoms with Crippen molar-refractivity contribution in [1.82, 2.24) is 0 Å². The summed E-state index contributed by atoms with van der Waals surface area (Å²) in [5.41, 5.74) is 0.604. The molecule has 4 nitrogen and oxygen atoms in total. The Kier molecular flexibility index (Phi) is 2.87. The van der Waals surface area contributed by atoms with Gasteiger partial charge < -0.3 is 9.84 Å². The van der Waals surface area contributed by atoms with Gasteiger partial charge in [-0.15, -0.1) is 0 Å². The summed E-state index contributed by atoms with van der Waals surface area (Å²) in [6.07, 6.45) is 0. The third kappa shape index (κ3) is 1.97. The highest BCUT2D eigenvalue weighted by Gasteiger charge is 2.22. The molecule has 13 heavy (non-hydrogen) atoms. The molecule has 1 N–H and O–H groups in total. The maximum absolute atomic E-state index is 9.17. The number of diazo groups is 1. The molecule has 0 atom stereocenters. The first-order valence-electron chi connectivity index (χ1n) is 3.67. The Balaban J connectivity index is 3.15. The summed E-state index contributed by atoms with van der Waals surface area (Å²) in [7, 11) is 1.30. The second-order valence-corrected chi connectivity index (χ2v) is 2.32. The van der Waals surface area contributed by atoms with Gasteiger partial charge in [-0.1, -0.05) is 18.2 Å². The van der Waals surface area contributed by atoms with Gasteiger partial charge in [0, 0.05) is 0 Å². The minimum atomic E-state index is -0.409. The molecule has 0 saturated heterocycles. The zero-order valence-electron chi connectivity index (χ0n) is 7.14. The molecule has 1 aromatic rings. The Morgan fingerprint density at radius 1 is 1.38 bits per heavy atom. The zero-order valence-corrected chi connectivity index (χ0v) is 7.14. The molecule has 0 aliphatic carbocycles. The molecule has 1 aromatic carbocycles. The highest BCUT2D eigenvalue weighted by atomic mass is 16.6. The quantitative estimate of drug-likeness (QED) is 0.557. The van der Waals surface area contributed by atoms with E-state index in [4.69, 9.17) is 5.39 Å². The topological polar surface area (TPSA) is 57.6 Å². The lowest BCUT2D eigenvalue weighted by molar-refractivity contribution is 0.139. The van der Waals surface area contributed by atoms with Crippen LogP contribution < -0.4 is 0 Å². The van der Waals surface area contributed by atoms with Gasteiger partial charge >= 0.3 is 11.6 Å². The van der Waals surface area contributed by atoms with Crippen LogP contribution in [0.15, 0.2) is 36.3 Å². The molecule has 0 aliphatic rings. The van der Waals surface area contributed by atoms with Gasteiger partial charge in [-0.3, -0.25) is 0 Å². The number of aliphatic hydroxyl groups is 1. The van der Waals surface area contributed by atoms with Crippen LogP contribution in [0.4, 0.5) is 0 Å². The Hall–Kier alpha value is -2.02. The van der Waals surface area contributed by atoms with E-state index in [2.05, 4.69) is 9.71 Å². The summed E-state index contributed by atoms with van der Waals surface area (Å²) in [4.78, 5) is 2.93. The molecule has 0 aromatic heterocycles. The zero-order chi connectivity index (χ0) is 9.68. The van der Waals surface area contributed by atoms with Crippen LogP contribution in [0.3, 0.4) is 0 Å². The van der Waals surface area contributed by atoms with Crippen molar-refractivity contribution in [3.63, 3.8) is 0 Å². The minimum Gasteiger partial charge on any atom is -0.475 e. The van der Waals surface area contributed by atoms with Gasteiger partial charge in [0.1, 0.15) is 0 Å². The van der Waals surface area contributed by atoms with Crippen LogP contribution in [0.25, 0.3) is 10.7 Å². The summed E-state index contributed by atoms with van der Waals surface area (Å²) in [6, 6.07) is 8.75. The lowest BCUT2D eigenvalue weighted by Crippen LogP contribution is -1.89. The molecule has 4 heteroatoms. The minimum absolute atomic E-state index is 0.0168. The van der Waals surface area contributed by atoms with Crippen LogP contribution in [-0.2, 0) is 4.74 Å². The molecule has 0 spiro atoms. The predicted molar refractivity (Wildman–Crippen MR) is 48.1 cm³/mol. The number of benzene rings is 1. The van der Waals surface area contributed by atoms with Crippen molar-refractivity contribution < 1.29 is 9.84 Å². The molecule has 0 bridgehead atoms. The molecule has 0 saturated carbocycles. The highest BCUT2D eigenvalue weighted by Crippen LogP contribution is 2.18. The number of hydrogen-bond acceptors (Lipinski definition) is 3. The number of nitrogens with zero attached hydrogens (tertiary/aromatic N) is 2. The average molecular weight is 177 g/mol. The van der Waals surface area contributed by atoms with E-state index in [9.17, 15) is 5.11 Å². The lowest BCUT2D eigenvalue weighted by atomic mass is 10.2. The van der Waals surface area contributed by atoms with E-state index < -0.39 is 5.95 Å². The number of aliphatic hydroxyl groups excluding tert-OH is 1. The van der Waals surface area contributed by atoms with Crippen molar-refractivity contribution in [3.05, 3.63) is 46.8 Å². The number of hydrogen-bond donors (Lipinski definition) is 1. The van der Waals surface area contributed by atoms with Gasteiger partial charge in [-0.2, -0.15) is 0 Å². The largest absolute Gasteiger partial charge is 0.475 e. The Bertz CT molecular complexity index is 352. The summed E-state index contributed by atoms with van der Waals surface area (Å²) in [5.74, 6) is -0.409. The molecular formula is C9H9N2O2+. The van der Waals surface area contributed by atoms with Gasteiger partial charge in [-0.05, 0) is 12.1 Å². The number of methoxy groups -OCH3 is 1. The van der Waals surface area contributed by atoms with Crippen LogP contribution in [0.1, 0.15) is 5.56 Å². The Labute approximate surface area is 75.7 Å². The van der Waals surface area contributed by atoms with E-state index in [0.717, 1.165) is 0 Å². The standard InChI is InChI=1S/C9H8N2O2/c1-13-9(12)8(11-10)7-5-3-2-4-6-7/h2-6H,1H3/p+1/b9-8-. The van der Waals surface area contributed by atoms with Crippen molar-refractivity contribution in [1.29, 1.82) is 5.39 Å². The third-order valence-corrected chi connectivity index (χ3v) is 1.54. The monoisotopic (exact) mass is 177 g/mol. The van der Waals surface area contributed by atoms with Crippen molar-refractivity contribution in [2.45, 2.75) is 0 Å².